The van der Waals surface area contributed by atoms with Crippen LogP contribution >= 0.6 is 0 Å². The van der Waals surface area contributed by atoms with Gasteiger partial charge < -0.3 is 14.8 Å². The molecule has 0 unspecified atom stereocenters. The number of para-hydroxylation sites is 1. The van der Waals surface area contributed by atoms with Crippen molar-refractivity contribution in [1.82, 2.24) is 15.1 Å². The summed E-state index contributed by atoms with van der Waals surface area (Å²) in [5, 5.41) is 7.73. The van der Waals surface area contributed by atoms with E-state index in [4.69, 9.17) is 9.47 Å². The van der Waals surface area contributed by atoms with Crippen molar-refractivity contribution in [2.24, 2.45) is 0 Å². The van der Waals surface area contributed by atoms with Gasteiger partial charge in [-0.1, -0.05) is 24.3 Å². The Labute approximate surface area is 184 Å². The largest absolute Gasteiger partial charge is 0.490 e. The second kappa shape index (κ2) is 10.2. The predicted molar refractivity (Wildman–Crippen MR) is 122 cm³/mol. The van der Waals surface area contributed by atoms with Gasteiger partial charge in [0, 0.05) is 11.3 Å². The van der Waals surface area contributed by atoms with Crippen molar-refractivity contribution in [1.29, 1.82) is 0 Å². The maximum atomic E-state index is 12.8. The van der Waals surface area contributed by atoms with E-state index < -0.39 is 0 Å². The van der Waals surface area contributed by atoms with Gasteiger partial charge in [-0.15, -0.1) is 0 Å². The standard InChI is InChI=1S/C25H31N3O3/c1-6-30-23-14-13-20(15-24(23)31-7-2)17(3)26-25(29)16-22-18(4)27-28(19(22)5)21-11-9-8-10-12-21/h8-15,17H,6-7,16H2,1-5H3,(H,26,29)/t17-/m0/s1. The summed E-state index contributed by atoms with van der Waals surface area (Å²) >= 11 is 0. The van der Waals surface area contributed by atoms with Crippen molar-refractivity contribution in [3.8, 4) is 17.2 Å². The molecule has 31 heavy (non-hydrogen) atoms. The number of rotatable bonds is 9. The van der Waals surface area contributed by atoms with Crippen molar-refractivity contribution in [2.45, 2.75) is 47.1 Å². The first-order valence-electron chi connectivity index (χ1n) is 10.7. The number of hydrogen-bond donors (Lipinski definition) is 1. The molecule has 6 heteroatoms. The molecule has 0 fully saturated rings. The lowest BCUT2D eigenvalue weighted by molar-refractivity contribution is -0.121. The van der Waals surface area contributed by atoms with Crippen LogP contribution in [0.4, 0.5) is 0 Å². The van der Waals surface area contributed by atoms with E-state index in [1.165, 1.54) is 0 Å². The molecule has 1 amide bonds. The van der Waals surface area contributed by atoms with Crippen LogP contribution in [0, 0.1) is 13.8 Å². The quantitative estimate of drug-likeness (QED) is 0.544. The highest BCUT2D eigenvalue weighted by molar-refractivity contribution is 5.79. The van der Waals surface area contributed by atoms with Gasteiger partial charge in [0.25, 0.3) is 0 Å². The van der Waals surface area contributed by atoms with E-state index in [0.29, 0.717) is 24.7 Å². The first kappa shape index (κ1) is 22.4. The summed E-state index contributed by atoms with van der Waals surface area (Å²) in [5.41, 5.74) is 4.75. The van der Waals surface area contributed by atoms with Gasteiger partial charge in [-0.05, 0) is 64.4 Å². The zero-order valence-electron chi connectivity index (χ0n) is 18.9. The zero-order chi connectivity index (χ0) is 22.4. The molecule has 0 aliphatic heterocycles. The zero-order valence-corrected chi connectivity index (χ0v) is 18.9. The molecule has 0 saturated carbocycles. The van der Waals surface area contributed by atoms with Gasteiger partial charge in [-0.2, -0.15) is 5.10 Å². The molecule has 3 rings (SSSR count). The molecule has 1 N–H and O–H groups in total. The van der Waals surface area contributed by atoms with Crippen molar-refractivity contribution >= 4 is 5.91 Å². The summed E-state index contributed by atoms with van der Waals surface area (Å²) in [4.78, 5) is 12.8. The van der Waals surface area contributed by atoms with Gasteiger partial charge in [0.2, 0.25) is 5.91 Å². The molecule has 164 valence electrons. The number of nitrogens with zero attached hydrogens (tertiary/aromatic N) is 2. The van der Waals surface area contributed by atoms with Gasteiger partial charge in [0.1, 0.15) is 0 Å². The highest BCUT2D eigenvalue weighted by atomic mass is 16.5. The first-order valence-corrected chi connectivity index (χ1v) is 10.7. The third-order valence-corrected chi connectivity index (χ3v) is 5.22. The van der Waals surface area contributed by atoms with Crippen molar-refractivity contribution in [3.05, 3.63) is 71.0 Å². The summed E-state index contributed by atoms with van der Waals surface area (Å²) in [5.74, 6) is 1.36. The highest BCUT2D eigenvalue weighted by Gasteiger charge is 2.18. The summed E-state index contributed by atoms with van der Waals surface area (Å²) in [6, 6.07) is 15.6. The fraction of sp³-hybridized carbons (Fsp3) is 0.360. The maximum Gasteiger partial charge on any atom is 0.225 e. The van der Waals surface area contributed by atoms with E-state index in [1.54, 1.807) is 0 Å². The fourth-order valence-electron chi connectivity index (χ4n) is 3.62. The maximum absolute atomic E-state index is 12.8. The van der Waals surface area contributed by atoms with Crippen molar-refractivity contribution in [3.63, 3.8) is 0 Å². The number of carbonyl (C=O) groups excluding carboxylic acids is 1. The first-order chi connectivity index (χ1) is 14.9. The van der Waals surface area contributed by atoms with Crippen LogP contribution in [0.1, 0.15) is 49.3 Å². The second-order valence-corrected chi connectivity index (χ2v) is 7.43. The molecular formula is C25H31N3O3. The molecule has 0 radical (unpaired) electrons. The molecular weight excluding hydrogens is 390 g/mol. The third kappa shape index (κ3) is 5.26. The number of carbonyl (C=O) groups is 1. The number of hydrogen-bond acceptors (Lipinski definition) is 4. The number of nitrogens with one attached hydrogen (secondary N) is 1. The molecule has 3 aromatic rings. The van der Waals surface area contributed by atoms with E-state index in [0.717, 1.165) is 28.2 Å². The Kier molecular flexibility index (Phi) is 7.34. The Morgan fingerprint density at radius 1 is 1.03 bits per heavy atom. The molecule has 0 aliphatic rings. The Hall–Kier alpha value is -3.28. The summed E-state index contributed by atoms with van der Waals surface area (Å²) in [7, 11) is 0. The lowest BCUT2D eigenvalue weighted by atomic mass is 10.1. The van der Waals surface area contributed by atoms with Gasteiger partial charge in [-0.25, -0.2) is 4.68 Å². The minimum Gasteiger partial charge on any atom is -0.490 e. The van der Waals surface area contributed by atoms with Crippen LogP contribution in [0.25, 0.3) is 5.69 Å². The average Bonchev–Trinajstić information content (AvgIpc) is 3.04. The van der Waals surface area contributed by atoms with Gasteiger partial charge in [0.15, 0.2) is 11.5 Å². The molecule has 0 bridgehead atoms. The van der Waals surface area contributed by atoms with Crippen LogP contribution in [-0.2, 0) is 11.2 Å². The average molecular weight is 422 g/mol. The van der Waals surface area contributed by atoms with Crippen molar-refractivity contribution in [2.75, 3.05) is 13.2 Å². The SMILES string of the molecule is CCOc1ccc([C@H](C)NC(=O)Cc2c(C)nn(-c3ccccc3)c2C)cc1OCC. The topological polar surface area (TPSA) is 65.4 Å². The number of ether oxygens (including phenoxy) is 2. The summed E-state index contributed by atoms with van der Waals surface area (Å²) in [6.07, 6.45) is 0.282. The molecule has 1 heterocycles. The third-order valence-electron chi connectivity index (χ3n) is 5.22. The Morgan fingerprint density at radius 3 is 2.39 bits per heavy atom. The number of amides is 1. The molecule has 1 atom stereocenters. The molecule has 0 aliphatic carbocycles. The van der Waals surface area contributed by atoms with Crippen LogP contribution in [0.5, 0.6) is 11.5 Å². The van der Waals surface area contributed by atoms with Crippen LogP contribution in [0.3, 0.4) is 0 Å². The lowest BCUT2D eigenvalue weighted by Gasteiger charge is -2.17. The number of benzene rings is 2. The molecule has 2 aromatic carbocycles. The number of aryl methyl sites for hydroxylation is 1. The molecule has 6 nitrogen and oxygen atoms in total. The van der Waals surface area contributed by atoms with Crippen molar-refractivity contribution < 1.29 is 14.3 Å². The van der Waals surface area contributed by atoms with E-state index in [-0.39, 0.29) is 18.4 Å². The fourth-order valence-corrected chi connectivity index (χ4v) is 3.62. The highest BCUT2D eigenvalue weighted by Crippen LogP contribution is 2.30. The summed E-state index contributed by atoms with van der Waals surface area (Å²) in [6.45, 7) is 10.9. The minimum absolute atomic E-state index is 0.0434. The number of aromatic nitrogens is 2. The van der Waals surface area contributed by atoms with E-state index in [2.05, 4.69) is 10.4 Å². The second-order valence-electron chi connectivity index (χ2n) is 7.43. The van der Waals surface area contributed by atoms with Gasteiger partial charge >= 0.3 is 0 Å². The Balaban J connectivity index is 1.73. The van der Waals surface area contributed by atoms with E-state index in [9.17, 15) is 4.79 Å². The van der Waals surface area contributed by atoms with Gasteiger partial charge in [0.05, 0.1) is 37.1 Å². The van der Waals surface area contributed by atoms with E-state index in [1.807, 2.05) is 87.8 Å². The van der Waals surface area contributed by atoms with E-state index >= 15 is 0 Å². The van der Waals surface area contributed by atoms with Gasteiger partial charge in [-0.3, -0.25) is 4.79 Å². The van der Waals surface area contributed by atoms with Crippen LogP contribution < -0.4 is 14.8 Å². The lowest BCUT2D eigenvalue weighted by Crippen LogP contribution is -2.28. The summed E-state index contributed by atoms with van der Waals surface area (Å²) < 4.78 is 13.2. The van der Waals surface area contributed by atoms with Crippen LogP contribution in [-0.4, -0.2) is 28.9 Å². The smallest absolute Gasteiger partial charge is 0.225 e. The Morgan fingerprint density at radius 2 is 1.71 bits per heavy atom. The monoisotopic (exact) mass is 421 g/mol. The van der Waals surface area contributed by atoms with Crippen LogP contribution in [0.15, 0.2) is 48.5 Å². The molecule has 0 spiro atoms. The Bertz CT molecular complexity index is 1030. The molecule has 1 aromatic heterocycles. The predicted octanol–water partition coefficient (Wildman–Crippen LogP) is 4.71. The minimum atomic E-state index is -0.160. The molecule has 0 saturated heterocycles. The normalized spacial score (nSPS) is 11.8. The van der Waals surface area contributed by atoms with Crippen LogP contribution in [0.2, 0.25) is 0 Å².